The SMILES string of the molecule is CC(=O)Oc1ccc2c3c(cc(O[Si](C)(C)C(C)(C)C)c2c1)C1CC[C@H](OC(C)=O)C1(C)CC3. The molecule has 184 valence electrons. The Morgan fingerprint density at radius 1 is 1.03 bits per heavy atom. The maximum absolute atomic E-state index is 11.8. The second-order valence-electron chi connectivity index (χ2n) is 11.8. The fourth-order valence-corrected chi connectivity index (χ4v) is 6.64. The average molecular weight is 483 g/mol. The summed E-state index contributed by atoms with van der Waals surface area (Å²) in [4.78, 5) is 23.4. The number of fused-ring (bicyclic) bond motifs is 5. The summed E-state index contributed by atoms with van der Waals surface area (Å²) in [5, 5.41) is 2.21. The lowest BCUT2D eigenvalue weighted by Gasteiger charge is -2.42. The van der Waals surface area contributed by atoms with Crippen LogP contribution in [0.5, 0.6) is 11.5 Å². The standard InChI is InChI=1S/C28H38O5Si/c1-17(29)31-19-9-10-20-21-13-14-28(6)24(11-12-26(28)32-18(2)30)22(21)16-25(23(20)15-19)33-34(7,8)27(3,4)5/h9-10,15-16,24,26H,11-14H2,1-8H3/t24?,26-,28?/m0/s1. The van der Waals surface area contributed by atoms with E-state index >= 15 is 0 Å². The van der Waals surface area contributed by atoms with Crippen molar-refractivity contribution in [1.29, 1.82) is 0 Å². The van der Waals surface area contributed by atoms with Crippen LogP contribution in [-0.4, -0.2) is 26.4 Å². The molecule has 0 saturated heterocycles. The van der Waals surface area contributed by atoms with Crippen LogP contribution in [0.3, 0.4) is 0 Å². The summed E-state index contributed by atoms with van der Waals surface area (Å²) in [5.41, 5.74) is 2.60. The Hall–Kier alpha value is -2.34. The Labute approximate surface area is 204 Å². The minimum atomic E-state index is -2.12. The Balaban J connectivity index is 1.88. The van der Waals surface area contributed by atoms with Crippen LogP contribution in [0, 0.1) is 5.41 Å². The third-order valence-corrected chi connectivity index (χ3v) is 12.8. The van der Waals surface area contributed by atoms with Crippen molar-refractivity contribution in [3.8, 4) is 11.5 Å². The fraction of sp³-hybridized carbons (Fsp3) is 0.571. The molecular weight excluding hydrogens is 444 g/mol. The van der Waals surface area contributed by atoms with E-state index in [1.54, 1.807) is 0 Å². The van der Waals surface area contributed by atoms with Gasteiger partial charge in [-0.1, -0.05) is 33.8 Å². The molecule has 4 rings (SSSR count). The normalized spacial score (nSPS) is 24.4. The van der Waals surface area contributed by atoms with Crippen LogP contribution in [-0.2, 0) is 20.7 Å². The van der Waals surface area contributed by atoms with E-state index in [1.165, 1.54) is 30.4 Å². The molecule has 0 aromatic heterocycles. The van der Waals surface area contributed by atoms with Crippen LogP contribution < -0.4 is 9.16 Å². The van der Waals surface area contributed by atoms with Crippen molar-refractivity contribution in [3.05, 3.63) is 35.4 Å². The number of carbonyl (C=O) groups is 2. The zero-order valence-electron chi connectivity index (χ0n) is 21.8. The zero-order chi connectivity index (χ0) is 25.1. The third-order valence-electron chi connectivity index (χ3n) is 8.50. The molecule has 0 amide bonds. The molecule has 0 spiro atoms. The number of esters is 2. The van der Waals surface area contributed by atoms with Crippen LogP contribution in [0.4, 0.5) is 0 Å². The van der Waals surface area contributed by atoms with Gasteiger partial charge in [0.1, 0.15) is 17.6 Å². The van der Waals surface area contributed by atoms with E-state index in [0.717, 1.165) is 36.8 Å². The molecule has 0 N–H and O–H groups in total. The summed E-state index contributed by atoms with van der Waals surface area (Å²) in [6.07, 6.45) is 3.74. The Morgan fingerprint density at radius 3 is 2.35 bits per heavy atom. The van der Waals surface area contributed by atoms with Gasteiger partial charge < -0.3 is 13.9 Å². The first-order valence-electron chi connectivity index (χ1n) is 12.4. The highest BCUT2D eigenvalue weighted by Gasteiger charge is 2.52. The van der Waals surface area contributed by atoms with E-state index in [0.29, 0.717) is 11.7 Å². The predicted octanol–water partition coefficient (Wildman–Crippen LogP) is 6.91. The second-order valence-corrected chi connectivity index (χ2v) is 16.6. The molecule has 2 aliphatic rings. The zero-order valence-corrected chi connectivity index (χ0v) is 22.8. The molecular formula is C28H38O5Si. The van der Waals surface area contributed by atoms with Crippen LogP contribution >= 0.6 is 0 Å². The molecule has 2 unspecified atom stereocenters. The first-order valence-corrected chi connectivity index (χ1v) is 15.3. The minimum absolute atomic E-state index is 0.0463. The Bertz CT molecular complexity index is 1150. The first kappa shape index (κ1) is 24.8. The summed E-state index contributed by atoms with van der Waals surface area (Å²) < 4.78 is 18.1. The molecule has 3 atom stereocenters. The van der Waals surface area contributed by atoms with Crippen molar-refractivity contribution in [2.75, 3.05) is 0 Å². The van der Waals surface area contributed by atoms with E-state index in [9.17, 15) is 9.59 Å². The van der Waals surface area contributed by atoms with Crippen molar-refractivity contribution in [2.24, 2.45) is 5.41 Å². The molecule has 6 heteroatoms. The molecule has 2 aliphatic carbocycles. The van der Waals surface area contributed by atoms with Crippen molar-refractivity contribution in [2.45, 2.75) is 97.4 Å². The molecule has 1 saturated carbocycles. The summed E-state index contributed by atoms with van der Waals surface area (Å²) in [7, 11) is -2.12. The number of hydrogen-bond acceptors (Lipinski definition) is 5. The van der Waals surface area contributed by atoms with Gasteiger partial charge in [0.15, 0.2) is 0 Å². The van der Waals surface area contributed by atoms with Crippen molar-refractivity contribution in [3.63, 3.8) is 0 Å². The van der Waals surface area contributed by atoms with Gasteiger partial charge in [0.25, 0.3) is 8.32 Å². The minimum Gasteiger partial charge on any atom is -0.543 e. The van der Waals surface area contributed by atoms with Gasteiger partial charge in [-0.05, 0) is 84.4 Å². The summed E-state index contributed by atoms with van der Waals surface area (Å²) in [6.45, 7) is 16.4. The lowest BCUT2D eigenvalue weighted by atomic mass is 9.65. The molecule has 0 radical (unpaired) electrons. The number of hydrogen-bond donors (Lipinski definition) is 0. The van der Waals surface area contributed by atoms with Crippen molar-refractivity contribution >= 4 is 31.0 Å². The summed E-state index contributed by atoms with van der Waals surface area (Å²) in [5.74, 6) is 1.20. The lowest BCUT2D eigenvalue weighted by molar-refractivity contribution is -0.152. The largest absolute Gasteiger partial charge is 0.543 e. The van der Waals surface area contributed by atoms with Gasteiger partial charge in [-0.25, -0.2) is 0 Å². The van der Waals surface area contributed by atoms with Crippen LogP contribution in [0.1, 0.15) is 77.8 Å². The highest BCUT2D eigenvalue weighted by atomic mass is 28.4. The van der Waals surface area contributed by atoms with Crippen LogP contribution in [0.15, 0.2) is 24.3 Å². The van der Waals surface area contributed by atoms with E-state index in [4.69, 9.17) is 13.9 Å². The quantitative estimate of drug-likeness (QED) is 0.269. The Morgan fingerprint density at radius 2 is 1.74 bits per heavy atom. The monoisotopic (exact) mass is 482 g/mol. The number of benzene rings is 2. The van der Waals surface area contributed by atoms with Gasteiger partial charge in [0, 0.05) is 24.6 Å². The number of rotatable bonds is 4. The van der Waals surface area contributed by atoms with E-state index in [-0.39, 0.29) is 28.5 Å². The van der Waals surface area contributed by atoms with Crippen molar-refractivity contribution in [1.82, 2.24) is 0 Å². The number of aryl methyl sites for hydroxylation is 1. The predicted molar refractivity (Wildman–Crippen MR) is 137 cm³/mol. The molecule has 2 aromatic rings. The first-order chi connectivity index (χ1) is 15.7. The Kier molecular flexibility index (Phi) is 6.12. The number of ether oxygens (including phenoxy) is 2. The highest BCUT2D eigenvalue weighted by Crippen LogP contribution is 2.58. The van der Waals surface area contributed by atoms with Gasteiger partial charge in [-0.3, -0.25) is 9.59 Å². The molecule has 2 aromatic carbocycles. The van der Waals surface area contributed by atoms with Gasteiger partial charge in [-0.2, -0.15) is 0 Å². The topological polar surface area (TPSA) is 61.8 Å². The van der Waals surface area contributed by atoms with Gasteiger partial charge in [0.2, 0.25) is 0 Å². The molecule has 0 bridgehead atoms. The fourth-order valence-electron chi connectivity index (χ4n) is 5.62. The molecule has 0 aliphatic heterocycles. The van der Waals surface area contributed by atoms with Crippen molar-refractivity contribution < 1.29 is 23.5 Å². The summed E-state index contributed by atoms with van der Waals surface area (Å²) in [6, 6.07) is 8.15. The number of carbonyl (C=O) groups excluding carboxylic acids is 2. The van der Waals surface area contributed by atoms with E-state index in [2.05, 4.69) is 52.9 Å². The second kappa shape index (κ2) is 8.40. The molecule has 5 nitrogen and oxygen atoms in total. The summed E-state index contributed by atoms with van der Waals surface area (Å²) >= 11 is 0. The van der Waals surface area contributed by atoms with E-state index < -0.39 is 8.32 Å². The van der Waals surface area contributed by atoms with Gasteiger partial charge in [0.05, 0.1) is 0 Å². The molecule has 34 heavy (non-hydrogen) atoms. The molecule has 1 fully saturated rings. The van der Waals surface area contributed by atoms with Gasteiger partial charge in [-0.15, -0.1) is 0 Å². The average Bonchev–Trinajstić information content (AvgIpc) is 3.02. The molecule has 0 heterocycles. The lowest BCUT2D eigenvalue weighted by Crippen LogP contribution is -2.44. The van der Waals surface area contributed by atoms with Crippen LogP contribution in [0.2, 0.25) is 18.1 Å². The smallest absolute Gasteiger partial charge is 0.308 e. The van der Waals surface area contributed by atoms with Gasteiger partial charge >= 0.3 is 11.9 Å². The van der Waals surface area contributed by atoms with E-state index in [1.807, 2.05) is 12.1 Å². The highest BCUT2D eigenvalue weighted by molar-refractivity contribution is 6.74. The third kappa shape index (κ3) is 4.25. The maximum atomic E-state index is 11.8. The van der Waals surface area contributed by atoms with Crippen LogP contribution in [0.25, 0.3) is 10.8 Å². The maximum Gasteiger partial charge on any atom is 0.308 e.